The smallest absolute Gasteiger partial charge is 0.260 e. The maximum absolute atomic E-state index is 12.5. The number of nitriles is 1. The molecule has 2 heterocycles. The van der Waals surface area contributed by atoms with E-state index in [2.05, 4.69) is 17.9 Å². The van der Waals surface area contributed by atoms with Gasteiger partial charge >= 0.3 is 0 Å². The number of rotatable bonds is 5. The lowest BCUT2D eigenvalue weighted by Crippen LogP contribution is -2.46. The Hall–Kier alpha value is -2.06. The van der Waals surface area contributed by atoms with Crippen LogP contribution < -0.4 is 4.74 Å². The Labute approximate surface area is 156 Å². The van der Waals surface area contributed by atoms with E-state index in [1.54, 1.807) is 24.3 Å². The first kappa shape index (κ1) is 18.7. The predicted molar refractivity (Wildman–Crippen MR) is 101 cm³/mol. The minimum Gasteiger partial charge on any atom is -0.484 e. The zero-order valence-electron chi connectivity index (χ0n) is 15.7. The normalized spacial score (nSPS) is 22.0. The van der Waals surface area contributed by atoms with Crippen LogP contribution in [0.1, 0.15) is 38.2 Å². The fraction of sp³-hybridized carbons (Fsp3) is 0.619. The van der Waals surface area contributed by atoms with E-state index in [0.29, 0.717) is 17.2 Å². The summed E-state index contributed by atoms with van der Waals surface area (Å²) < 4.78 is 5.61. The maximum atomic E-state index is 12.5. The first-order valence-electron chi connectivity index (χ1n) is 9.77. The summed E-state index contributed by atoms with van der Waals surface area (Å²) >= 11 is 0. The molecule has 2 fully saturated rings. The molecule has 140 valence electrons. The highest BCUT2D eigenvalue weighted by atomic mass is 16.5. The molecule has 1 aromatic carbocycles. The van der Waals surface area contributed by atoms with Crippen molar-refractivity contribution < 1.29 is 9.53 Å². The van der Waals surface area contributed by atoms with Gasteiger partial charge in [0.05, 0.1) is 11.6 Å². The van der Waals surface area contributed by atoms with E-state index >= 15 is 0 Å². The van der Waals surface area contributed by atoms with Gasteiger partial charge in [-0.25, -0.2) is 0 Å². The molecule has 2 saturated heterocycles. The first-order valence-corrected chi connectivity index (χ1v) is 9.77. The highest BCUT2D eigenvalue weighted by Gasteiger charge is 2.26. The van der Waals surface area contributed by atoms with Crippen LogP contribution in [0.3, 0.4) is 0 Å². The van der Waals surface area contributed by atoms with Gasteiger partial charge in [0.1, 0.15) is 5.75 Å². The molecule has 1 aromatic rings. The Morgan fingerprint density at radius 2 is 1.92 bits per heavy atom. The summed E-state index contributed by atoms with van der Waals surface area (Å²) in [5, 5.41) is 8.82. The molecular weight excluding hydrogens is 326 g/mol. The number of piperidine rings is 2. The molecule has 5 nitrogen and oxygen atoms in total. The van der Waals surface area contributed by atoms with E-state index in [1.807, 2.05) is 4.90 Å². The number of ether oxygens (including phenoxy) is 1. The first-order chi connectivity index (χ1) is 12.6. The number of benzene rings is 1. The van der Waals surface area contributed by atoms with Gasteiger partial charge in [0.15, 0.2) is 6.61 Å². The molecule has 1 unspecified atom stereocenters. The van der Waals surface area contributed by atoms with Gasteiger partial charge in [-0.2, -0.15) is 5.26 Å². The lowest BCUT2D eigenvalue weighted by atomic mass is 9.94. The van der Waals surface area contributed by atoms with Gasteiger partial charge in [-0.1, -0.05) is 6.92 Å². The summed E-state index contributed by atoms with van der Waals surface area (Å²) in [7, 11) is 0. The number of carbonyl (C=O) groups is 1. The third kappa shape index (κ3) is 5.22. The molecule has 26 heavy (non-hydrogen) atoms. The van der Waals surface area contributed by atoms with Crippen molar-refractivity contribution in [3.05, 3.63) is 29.8 Å². The summed E-state index contributed by atoms with van der Waals surface area (Å²) in [6.07, 6.45) is 4.89. The SMILES string of the molecule is CC1CCN(CC2CCCN(C(=O)COc3ccc(C#N)cc3)C2)CC1. The lowest BCUT2D eigenvalue weighted by Gasteiger charge is -2.37. The molecule has 2 aliphatic heterocycles. The van der Waals surface area contributed by atoms with Crippen molar-refractivity contribution in [3.8, 4) is 11.8 Å². The number of hydrogen-bond acceptors (Lipinski definition) is 4. The van der Waals surface area contributed by atoms with E-state index in [9.17, 15) is 4.79 Å². The number of hydrogen-bond donors (Lipinski definition) is 0. The molecule has 0 bridgehead atoms. The standard InChI is InChI=1S/C21H29N3O2/c1-17-8-11-23(12-9-17)14-19-3-2-10-24(15-19)21(25)16-26-20-6-4-18(13-22)5-7-20/h4-7,17,19H,2-3,8-12,14-16H2,1H3. The Morgan fingerprint density at radius 3 is 2.62 bits per heavy atom. The van der Waals surface area contributed by atoms with E-state index in [0.717, 1.165) is 32.0 Å². The van der Waals surface area contributed by atoms with Gasteiger partial charge in [0.25, 0.3) is 5.91 Å². The highest BCUT2D eigenvalue weighted by Crippen LogP contribution is 2.22. The second kappa shape index (κ2) is 9.05. The molecule has 0 radical (unpaired) electrons. The fourth-order valence-corrected chi connectivity index (χ4v) is 3.91. The monoisotopic (exact) mass is 355 g/mol. The fourth-order valence-electron chi connectivity index (χ4n) is 3.91. The molecule has 5 heteroatoms. The summed E-state index contributed by atoms with van der Waals surface area (Å²) in [5.74, 6) is 2.13. The summed E-state index contributed by atoms with van der Waals surface area (Å²) in [5.41, 5.74) is 0.592. The van der Waals surface area contributed by atoms with Gasteiger partial charge in [0.2, 0.25) is 0 Å². The summed E-state index contributed by atoms with van der Waals surface area (Å²) in [4.78, 5) is 17.0. The minimum absolute atomic E-state index is 0.0614. The van der Waals surface area contributed by atoms with Crippen molar-refractivity contribution in [1.82, 2.24) is 9.80 Å². The Morgan fingerprint density at radius 1 is 1.19 bits per heavy atom. The molecule has 0 saturated carbocycles. The molecule has 0 spiro atoms. The minimum atomic E-state index is 0.0614. The van der Waals surface area contributed by atoms with Crippen LogP contribution in [-0.4, -0.2) is 55.0 Å². The van der Waals surface area contributed by atoms with Gasteiger partial charge < -0.3 is 14.5 Å². The third-order valence-corrected chi connectivity index (χ3v) is 5.61. The van der Waals surface area contributed by atoms with Crippen LogP contribution in [0, 0.1) is 23.2 Å². The summed E-state index contributed by atoms with van der Waals surface area (Å²) in [6.45, 7) is 7.62. The Kier molecular flexibility index (Phi) is 6.51. The van der Waals surface area contributed by atoms with Crippen molar-refractivity contribution in [2.24, 2.45) is 11.8 Å². The number of likely N-dealkylation sites (tertiary alicyclic amines) is 2. The van der Waals surface area contributed by atoms with Gasteiger partial charge in [0, 0.05) is 19.6 Å². The van der Waals surface area contributed by atoms with Crippen LogP contribution >= 0.6 is 0 Å². The zero-order chi connectivity index (χ0) is 18.4. The van der Waals surface area contributed by atoms with Crippen LogP contribution in [0.5, 0.6) is 5.75 Å². The Bertz CT molecular complexity index is 630. The Balaban J connectivity index is 1.44. The van der Waals surface area contributed by atoms with Crippen molar-refractivity contribution in [1.29, 1.82) is 5.26 Å². The van der Waals surface area contributed by atoms with Crippen LogP contribution in [0.4, 0.5) is 0 Å². The second-order valence-electron chi connectivity index (χ2n) is 7.76. The van der Waals surface area contributed by atoms with Gasteiger partial charge in [-0.15, -0.1) is 0 Å². The molecular formula is C21H29N3O2. The van der Waals surface area contributed by atoms with Gasteiger partial charge in [-0.3, -0.25) is 4.79 Å². The van der Waals surface area contributed by atoms with Crippen molar-refractivity contribution in [2.45, 2.75) is 32.6 Å². The maximum Gasteiger partial charge on any atom is 0.260 e. The highest BCUT2D eigenvalue weighted by molar-refractivity contribution is 5.77. The number of amides is 1. The largest absolute Gasteiger partial charge is 0.484 e. The van der Waals surface area contributed by atoms with E-state index < -0.39 is 0 Å². The van der Waals surface area contributed by atoms with Gasteiger partial charge in [-0.05, 0) is 74.9 Å². The van der Waals surface area contributed by atoms with Crippen molar-refractivity contribution >= 4 is 5.91 Å². The van der Waals surface area contributed by atoms with E-state index in [4.69, 9.17) is 10.00 Å². The molecule has 0 aliphatic carbocycles. The van der Waals surface area contributed by atoms with E-state index in [1.165, 1.54) is 32.4 Å². The third-order valence-electron chi connectivity index (χ3n) is 5.61. The lowest BCUT2D eigenvalue weighted by molar-refractivity contribution is -0.135. The second-order valence-corrected chi connectivity index (χ2v) is 7.76. The quantitative estimate of drug-likeness (QED) is 0.815. The van der Waals surface area contributed by atoms with Crippen LogP contribution in [0.25, 0.3) is 0 Å². The molecule has 1 amide bonds. The molecule has 2 aliphatic rings. The molecule has 0 aromatic heterocycles. The van der Waals surface area contributed by atoms with Crippen LogP contribution in [0.2, 0.25) is 0 Å². The predicted octanol–water partition coefficient (Wildman–Crippen LogP) is 2.91. The van der Waals surface area contributed by atoms with Crippen LogP contribution in [0.15, 0.2) is 24.3 Å². The molecule has 1 atom stereocenters. The van der Waals surface area contributed by atoms with Crippen molar-refractivity contribution in [2.75, 3.05) is 39.3 Å². The average Bonchev–Trinajstić information content (AvgIpc) is 2.68. The average molecular weight is 355 g/mol. The molecule has 3 rings (SSSR count). The topological polar surface area (TPSA) is 56.6 Å². The van der Waals surface area contributed by atoms with E-state index in [-0.39, 0.29) is 12.5 Å². The zero-order valence-corrected chi connectivity index (χ0v) is 15.7. The number of carbonyl (C=O) groups excluding carboxylic acids is 1. The summed E-state index contributed by atoms with van der Waals surface area (Å²) in [6, 6.07) is 8.96. The number of nitrogens with zero attached hydrogens (tertiary/aromatic N) is 3. The van der Waals surface area contributed by atoms with Crippen LogP contribution in [-0.2, 0) is 4.79 Å². The molecule has 0 N–H and O–H groups in total. The van der Waals surface area contributed by atoms with Crippen molar-refractivity contribution in [3.63, 3.8) is 0 Å².